The van der Waals surface area contributed by atoms with Crippen LogP contribution in [-0.4, -0.2) is 22.8 Å². The van der Waals surface area contributed by atoms with Crippen LogP contribution in [0, 0.1) is 13.8 Å². The lowest BCUT2D eigenvalue weighted by molar-refractivity contribution is 0.0932. The fourth-order valence-corrected chi connectivity index (χ4v) is 3.64. The van der Waals surface area contributed by atoms with E-state index in [2.05, 4.69) is 15.6 Å². The molecule has 5 nitrogen and oxygen atoms in total. The number of aromatic nitrogens is 1. The number of halogens is 1. The molecule has 0 saturated heterocycles. The minimum absolute atomic E-state index is 0.181. The van der Waals surface area contributed by atoms with Crippen LogP contribution in [0.15, 0.2) is 30.3 Å². The van der Waals surface area contributed by atoms with Crippen LogP contribution in [0.1, 0.15) is 57.8 Å². The molecular weight excluding hydrogens is 350 g/mol. The lowest BCUT2D eigenvalue weighted by Crippen LogP contribution is -2.33. The molecule has 1 aliphatic carbocycles. The Morgan fingerprint density at radius 3 is 2.38 bits per heavy atom. The smallest absolute Gasteiger partial charge is 0.274 e. The average molecular weight is 372 g/mol. The fraction of sp³-hybridized carbons (Fsp3) is 0.350. The van der Waals surface area contributed by atoms with Crippen molar-refractivity contribution in [2.75, 3.05) is 5.32 Å². The van der Waals surface area contributed by atoms with Crippen LogP contribution in [0.3, 0.4) is 0 Å². The second-order valence-corrected chi connectivity index (χ2v) is 7.16. The van der Waals surface area contributed by atoms with Crippen molar-refractivity contribution >= 4 is 29.1 Å². The number of rotatable bonds is 4. The number of benzene rings is 1. The third kappa shape index (κ3) is 4.22. The lowest BCUT2D eigenvalue weighted by atomic mass is 10.1. The van der Waals surface area contributed by atoms with E-state index < -0.39 is 5.91 Å². The molecule has 1 fully saturated rings. The number of nitrogens with one attached hydrogen (secondary N) is 2. The zero-order valence-electron chi connectivity index (χ0n) is 14.9. The summed E-state index contributed by atoms with van der Waals surface area (Å²) in [6.45, 7) is 3.83. The van der Waals surface area contributed by atoms with Crippen molar-refractivity contribution in [2.24, 2.45) is 0 Å². The fourth-order valence-electron chi connectivity index (χ4n) is 3.27. The van der Waals surface area contributed by atoms with Gasteiger partial charge in [0.15, 0.2) is 0 Å². The van der Waals surface area contributed by atoms with Crippen LogP contribution >= 0.6 is 11.6 Å². The molecule has 6 heteroatoms. The van der Waals surface area contributed by atoms with Crippen LogP contribution in [0.2, 0.25) is 5.02 Å². The second-order valence-electron chi connectivity index (χ2n) is 6.76. The largest absolute Gasteiger partial charge is 0.348 e. The first-order valence-corrected chi connectivity index (χ1v) is 9.18. The first kappa shape index (κ1) is 18.4. The third-order valence-electron chi connectivity index (χ3n) is 4.58. The second kappa shape index (κ2) is 7.87. The summed E-state index contributed by atoms with van der Waals surface area (Å²) in [6.07, 6.45) is 4.27. The number of hydrogen-bond acceptors (Lipinski definition) is 3. The maximum atomic E-state index is 12.6. The summed E-state index contributed by atoms with van der Waals surface area (Å²) in [6, 6.07) is 8.80. The topological polar surface area (TPSA) is 71.1 Å². The van der Waals surface area contributed by atoms with Gasteiger partial charge in [-0.05, 0) is 56.0 Å². The molecule has 1 aromatic heterocycles. The molecule has 2 N–H and O–H groups in total. The van der Waals surface area contributed by atoms with Gasteiger partial charge in [0.2, 0.25) is 0 Å². The summed E-state index contributed by atoms with van der Waals surface area (Å²) < 4.78 is 0. The van der Waals surface area contributed by atoms with Gasteiger partial charge in [0.05, 0.1) is 10.7 Å². The van der Waals surface area contributed by atoms with Gasteiger partial charge < -0.3 is 10.6 Å². The van der Waals surface area contributed by atoms with E-state index in [1.165, 1.54) is 0 Å². The standard InChI is InChI=1S/C20H22ClN3O2/c1-12-10-13(2)18(15(21)11-12)24-20(26)17-9-5-8-16(23-17)19(25)22-14-6-3-4-7-14/h5,8-11,14H,3-4,6-7H2,1-2H3,(H,22,25)(H,24,26). The van der Waals surface area contributed by atoms with E-state index in [1.807, 2.05) is 19.9 Å². The molecule has 2 amide bonds. The highest BCUT2D eigenvalue weighted by molar-refractivity contribution is 6.34. The van der Waals surface area contributed by atoms with Gasteiger partial charge in [0, 0.05) is 6.04 Å². The summed E-state index contributed by atoms with van der Waals surface area (Å²) in [5.74, 6) is -0.634. The SMILES string of the molecule is Cc1cc(C)c(NC(=O)c2cccc(C(=O)NC3CCCC3)n2)c(Cl)c1. The Labute approximate surface area is 158 Å². The summed E-state index contributed by atoms with van der Waals surface area (Å²) >= 11 is 6.24. The number of pyridine rings is 1. The van der Waals surface area contributed by atoms with Gasteiger partial charge in [-0.25, -0.2) is 4.98 Å². The predicted octanol–water partition coefficient (Wildman–Crippen LogP) is 4.28. The van der Waals surface area contributed by atoms with Crippen molar-refractivity contribution in [1.29, 1.82) is 0 Å². The Morgan fingerprint density at radius 2 is 1.73 bits per heavy atom. The van der Waals surface area contributed by atoms with E-state index in [0.29, 0.717) is 10.7 Å². The van der Waals surface area contributed by atoms with Gasteiger partial charge in [-0.1, -0.05) is 36.6 Å². The van der Waals surface area contributed by atoms with Crippen LogP contribution in [-0.2, 0) is 0 Å². The van der Waals surface area contributed by atoms with E-state index >= 15 is 0 Å². The molecule has 136 valence electrons. The van der Waals surface area contributed by atoms with E-state index in [4.69, 9.17) is 11.6 Å². The highest BCUT2D eigenvalue weighted by Gasteiger charge is 2.20. The lowest BCUT2D eigenvalue weighted by Gasteiger charge is -2.13. The molecule has 1 heterocycles. The summed E-state index contributed by atoms with van der Waals surface area (Å²) in [7, 11) is 0. The summed E-state index contributed by atoms with van der Waals surface area (Å²) in [5, 5.41) is 6.26. The molecule has 3 rings (SSSR count). The molecule has 1 saturated carbocycles. The molecule has 26 heavy (non-hydrogen) atoms. The molecule has 0 bridgehead atoms. The van der Waals surface area contributed by atoms with Crippen molar-refractivity contribution in [3.8, 4) is 0 Å². The van der Waals surface area contributed by atoms with Gasteiger partial charge in [0.1, 0.15) is 11.4 Å². The zero-order chi connectivity index (χ0) is 18.7. The molecule has 0 atom stereocenters. The first-order chi connectivity index (χ1) is 12.4. The molecule has 0 radical (unpaired) electrons. The van der Waals surface area contributed by atoms with E-state index in [9.17, 15) is 9.59 Å². The number of amides is 2. The number of carbonyl (C=O) groups excluding carboxylic acids is 2. The molecular formula is C20H22ClN3O2. The Morgan fingerprint density at radius 1 is 1.08 bits per heavy atom. The van der Waals surface area contributed by atoms with Crippen molar-refractivity contribution in [1.82, 2.24) is 10.3 Å². The molecule has 2 aromatic rings. The van der Waals surface area contributed by atoms with Gasteiger partial charge in [-0.3, -0.25) is 9.59 Å². The first-order valence-electron chi connectivity index (χ1n) is 8.80. The Balaban J connectivity index is 1.75. The Hall–Kier alpha value is -2.40. The van der Waals surface area contributed by atoms with Gasteiger partial charge in [-0.15, -0.1) is 0 Å². The van der Waals surface area contributed by atoms with Crippen LogP contribution in [0.4, 0.5) is 5.69 Å². The maximum absolute atomic E-state index is 12.6. The normalized spacial score (nSPS) is 14.3. The van der Waals surface area contributed by atoms with Gasteiger partial charge >= 0.3 is 0 Å². The molecule has 0 unspecified atom stereocenters. The molecule has 1 aliphatic rings. The van der Waals surface area contributed by atoms with Gasteiger partial charge in [0.25, 0.3) is 11.8 Å². The average Bonchev–Trinajstić information content (AvgIpc) is 3.11. The molecule has 0 aliphatic heterocycles. The molecule has 1 aromatic carbocycles. The summed E-state index contributed by atoms with van der Waals surface area (Å²) in [4.78, 5) is 29.1. The van der Waals surface area contributed by atoms with Gasteiger partial charge in [-0.2, -0.15) is 0 Å². The minimum Gasteiger partial charge on any atom is -0.348 e. The molecule has 0 spiro atoms. The Bertz CT molecular complexity index is 822. The van der Waals surface area contributed by atoms with Crippen LogP contribution < -0.4 is 10.6 Å². The van der Waals surface area contributed by atoms with Crippen molar-refractivity contribution in [3.63, 3.8) is 0 Å². The predicted molar refractivity (Wildman–Crippen MR) is 103 cm³/mol. The van der Waals surface area contributed by atoms with E-state index in [1.54, 1.807) is 24.3 Å². The zero-order valence-corrected chi connectivity index (χ0v) is 15.7. The third-order valence-corrected chi connectivity index (χ3v) is 4.87. The minimum atomic E-state index is -0.394. The van der Waals surface area contributed by atoms with Crippen LogP contribution in [0.5, 0.6) is 0 Å². The van der Waals surface area contributed by atoms with E-state index in [0.717, 1.165) is 36.8 Å². The number of carbonyl (C=O) groups is 2. The highest BCUT2D eigenvalue weighted by atomic mass is 35.5. The number of hydrogen-bond donors (Lipinski definition) is 2. The van der Waals surface area contributed by atoms with Crippen molar-refractivity contribution < 1.29 is 9.59 Å². The highest BCUT2D eigenvalue weighted by Crippen LogP contribution is 2.27. The summed E-state index contributed by atoms with van der Waals surface area (Å²) in [5.41, 5.74) is 2.88. The number of anilines is 1. The van der Waals surface area contributed by atoms with Crippen molar-refractivity contribution in [2.45, 2.75) is 45.6 Å². The van der Waals surface area contributed by atoms with Crippen molar-refractivity contribution in [3.05, 3.63) is 57.9 Å². The quantitative estimate of drug-likeness (QED) is 0.842. The monoisotopic (exact) mass is 371 g/mol. The number of nitrogens with zero attached hydrogens (tertiary/aromatic N) is 1. The Kier molecular flexibility index (Phi) is 5.57. The number of aryl methyl sites for hydroxylation is 2. The maximum Gasteiger partial charge on any atom is 0.274 e. The van der Waals surface area contributed by atoms with E-state index in [-0.39, 0.29) is 23.3 Å². The van der Waals surface area contributed by atoms with Crippen LogP contribution in [0.25, 0.3) is 0 Å².